The molecule has 0 amide bonds. The van der Waals surface area contributed by atoms with Crippen LogP contribution in [-0.2, 0) is 6.54 Å². The Morgan fingerprint density at radius 3 is 2.88 bits per heavy atom. The summed E-state index contributed by atoms with van der Waals surface area (Å²) >= 11 is 0. The van der Waals surface area contributed by atoms with Crippen molar-refractivity contribution in [3.05, 3.63) is 41.6 Å². The van der Waals surface area contributed by atoms with Crippen LogP contribution in [0.5, 0.6) is 11.6 Å². The molecule has 0 atom stereocenters. The van der Waals surface area contributed by atoms with Crippen LogP contribution in [0.15, 0.2) is 30.3 Å². The molecule has 2 aromatic rings. The SMILES string of the molecule is O=Cc1nn(Cc2ccccc2)c2c1OCO2. The summed E-state index contributed by atoms with van der Waals surface area (Å²) in [5.74, 6) is 0.965. The van der Waals surface area contributed by atoms with E-state index in [1.165, 1.54) is 0 Å². The second-order valence-corrected chi connectivity index (χ2v) is 3.69. The Kier molecular flexibility index (Phi) is 2.29. The van der Waals surface area contributed by atoms with Gasteiger partial charge in [-0.2, -0.15) is 5.10 Å². The van der Waals surface area contributed by atoms with Crippen LogP contribution in [0.3, 0.4) is 0 Å². The van der Waals surface area contributed by atoms with Crippen LogP contribution >= 0.6 is 0 Å². The molecule has 5 nitrogen and oxygen atoms in total. The maximum atomic E-state index is 10.8. The van der Waals surface area contributed by atoms with Gasteiger partial charge in [0.05, 0.1) is 6.54 Å². The highest BCUT2D eigenvalue weighted by molar-refractivity contribution is 5.78. The van der Waals surface area contributed by atoms with E-state index >= 15 is 0 Å². The largest absolute Gasteiger partial charge is 0.449 e. The van der Waals surface area contributed by atoms with Gasteiger partial charge in [-0.1, -0.05) is 30.3 Å². The van der Waals surface area contributed by atoms with E-state index in [1.807, 2.05) is 30.3 Å². The first-order chi connectivity index (χ1) is 8.38. The van der Waals surface area contributed by atoms with Gasteiger partial charge >= 0.3 is 0 Å². The smallest absolute Gasteiger partial charge is 0.259 e. The first-order valence-corrected chi connectivity index (χ1v) is 5.24. The Bertz CT molecular complexity index is 548. The normalized spacial score (nSPS) is 12.7. The fraction of sp³-hybridized carbons (Fsp3) is 0.167. The third-order valence-corrected chi connectivity index (χ3v) is 2.58. The fourth-order valence-electron chi connectivity index (χ4n) is 1.81. The van der Waals surface area contributed by atoms with Gasteiger partial charge in [0.15, 0.2) is 12.0 Å². The number of carbonyl (C=O) groups excluding carboxylic acids is 1. The molecular weight excluding hydrogens is 220 g/mol. The number of hydrogen-bond donors (Lipinski definition) is 0. The van der Waals surface area contributed by atoms with Crippen LogP contribution in [0.2, 0.25) is 0 Å². The van der Waals surface area contributed by atoms with Crippen LogP contribution in [0, 0.1) is 0 Å². The number of aromatic nitrogens is 2. The maximum absolute atomic E-state index is 10.8. The van der Waals surface area contributed by atoms with Gasteiger partial charge in [-0.15, -0.1) is 0 Å². The van der Waals surface area contributed by atoms with E-state index < -0.39 is 0 Å². The zero-order chi connectivity index (χ0) is 11.7. The van der Waals surface area contributed by atoms with Crippen molar-refractivity contribution in [2.45, 2.75) is 6.54 Å². The van der Waals surface area contributed by atoms with Gasteiger partial charge in [-0.25, -0.2) is 4.68 Å². The molecule has 0 spiro atoms. The highest BCUT2D eigenvalue weighted by Gasteiger charge is 2.25. The summed E-state index contributed by atoms with van der Waals surface area (Å²) in [4.78, 5) is 10.8. The zero-order valence-electron chi connectivity index (χ0n) is 9.00. The first-order valence-electron chi connectivity index (χ1n) is 5.24. The third kappa shape index (κ3) is 1.65. The number of aldehydes is 1. The average molecular weight is 230 g/mol. The minimum atomic E-state index is 0.142. The summed E-state index contributed by atoms with van der Waals surface area (Å²) in [5, 5.41) is 4.14. The second kappa shape index (κ2) is 3.93. The summed E-state index contributed by atoms with van der Waals surface area (Å²) in [6.07, 6.45) is 0.676. The minimum absolute atomic E-state index is 0.142. The van der Waals surface area contributed by atoms with Crippen molar-refractivity contribution in [1.82, 2.24) is 9.78 Å². The van der Waals surface area contributed by atoms with E-state index in [0.717, 1.165) is 5.56 Å². The molecule has 1 aliphatic rings. The van der Waals surface area contributed by atoms with Gasteiger partial charge < -0.3 is 9.47 Å². The van der Waals surface area contributed by atoms with Gasteiger partial charge in [0.2, 0.25) is 12.5 Å². The average Bonchev–Trinajstić information content (AvgIpc) is 2.94. The van der Waals surface area contributed by atoms with Crippen molar-refractivity contribution in [3.63, 3.8) is 0 Å². The summed E-state index contributed by atoms with van der Waals surface area (Å²) in [6.45, 7) is 0.698. The number of carbonyl (C=O) groups is 1. The van der Waals surface area contributed by atoms with Gasteiger partial charge in [-0.05, 0) is 5.56 Å². The van der Waals surface area contributed by atoms with Crippen LogP contribution in [0.25, 0.3) is 0 Å². The lowest BCUT2D eigenvalue weighted by Gasteiger charge is -2.03. The molecule has 0 unspecified atom stereocenters. The number of nitrogens with zero attached hydrogens (tertiary/aromatic N) is 2. The third-order valence-electron chi connectivity index (χ3n) is 2.58. The lowest BCUT2D eigenvalue weighted by Crippen LogP contribution is -2.06. The Morgan fingerprint density at radius 2 is 2.12 bits per heavy atom. The van der Waals surface area contributed by atoms with Gasteiger partial charge in [0.1, 0.15) is 0 Å². The number of fused-ring (bicyclic) bond motifs is 1. The zero-order valence-corrected chi connectivity index (χ0v) is 9.00. The first kappa shape index (κ1) is 9.89. The van der Waals surface area contributed by atoms with Gasteiger partial charge in [-0.3, -0.25) is 4.79 Å². The maximum Gasteiger partial charge on any atom is 0.259 e. The summed E-state index contributed by atoms with van der Waals surface area (Å²) in [7, 11) is 0. The Balaban J connectivity index is 1.96. The van der Waals surface area contributed by atoms with E-state index in [0.29, 0.717) is 24.5 Å². The number of ether oxygens (including phenoxy) is 2. The second-order valence-electron chi connectivity index (χ2n) is 3.69. The molecule has 0 saturated heterocycles. The molecule has 3 rings (SSSR count). The Labute approximate surface area is 97.6 Å². The molecule has 1 aliphatic heterocycles. The molecule has 17 heavy (non-hydrogen) atoms. The van der Waals surface area contributed by atoms with Gasteiger partial charge in [0, 0.05) is 0 Å². The molecule has 0 radical (unpaired) electrons. The number of benzene rings is 1. The molecule has 1 aromatic heterocycles. The molecule has 2 heterocycles. The summed E-state index contributed by atoms with van der Waals surface area (Å²) in [5.41, 5.74) is 1.37. The van der Waals surface area contributed by atoms with Crippen molar-refractivity contribution in [1.29, 1.82) is 0 Å². The molecule has 0 saturated carbocycles. The van der Waals surface area contributed by atoms with E-state index in [4.69, 9.17) is 9.47 Å². The van der Waals surface area contributed by atoms with E-state index in [-0.39, 0.29) is 12.5 Å². The highest BCUT2D eigenvalue weighted by Crippen LogP contribution is 2.35. The van der Waals surface area contributed by atoms with Crippen molar-refractivity contribution in [2.75, 3.05) is 6.79 Å². The van der Waals surface area contributed by atoms with E-state index in [9.17, 15) is 4.79 Å². The van der Waals surface area contributed by atoms with Crippen molar-refractivity contribution >= 4 is 6.29 Å². The Hall–Kier alpha value is -2.30. The van der Waals surface area contributed by atoms with Crippen LogP contribution in [-0.4, -0.2) is 22.9 Å². The lowest BCUT2D eigenvalue weighted by molar-refractivity contribution is 0.110. The predicted octanol–water partition coefficient (Wildman–Crippen LogP) is 1.47. The standard InChI is InChI=1S/C12H10N2O3/c15-7-10-11-12(17-8-16-11)14(13-10)6-9-4-2-1-3-5-9/h1-5,7H,6,8H2. The van der Waals surface area contributed by atoms with E-state index in [1.54, 1.807) is 4.68 Å². The van der Waals surface area contributed by atoms with Crippen molar-refractivity contribution in [2.24, 2.45) is 0 Å². The molecule has 0 bridgehead atoms. The minimum Gasteiger partial charge on any atom is -0.449 e. The molecule has 5 heteroatoms. The Morgan fingerprint density at radius 1 is 1.29 bits per heavy atom. The fourth-order valence-corrected chi connectivity index (χ4v) is 1.81. The summed E-state index contributed by atoms with van der Waals surface area (Å²) < 4.78 is 12.1. The predicted molar refractivity (Wildman–Crippen MR) is 59.3 cm³/mol. The van der Waals surface area contributed by atoms with Crippen LogP contribution < -0.4 is 9.47 Å². The quantitative estimate of drug-likeness (QED) is 0.749. The van der Waals surface area contributed by atoms with Crippen molar-refractivity contribution < 1.29 is 14.3 Å². The molecule has 0 N–H and O–H groups in total. The highest BCUT2D eigenvalue weighted by atomic mass is 16.7. The molecule has 1 aromatic carbocycles. The summed E-state index contributed by atoms with van der Waals surface area (Å²) in [6, 6.07) is 9.84. The molecule has 0 aliphatic carbocycles. The van der Waals surface area contributed by atoms with Crippen LogP contribution in [0.4, 0.5) is 0 Å². The monoisotopic (exact) mass is 230 g/mol. The molecule has 86 valence electrons. The number of rotatable bonds is 3. The molecule has 0 fully saturated rings. The van der Waals surface area contributed by atoms with Crippen molar-refractivity contribution in [3.8, 4) is 11.6 Å². The van der Waals surface area contributed by atoms with E-state index in [2.05, 4.69) is 5.10 Å². The lowest BCUT2D eigenvalue weighted by atomic mass is 10.2. The topological polar surface area (TPSA) is 53.4 Å². The number of hydrogen-bond acceptors (Lipinski definition) is 4. The van der Waals surface area contributed by atoms with Gasteiger partial charge in [0.25, 0.3) is 5.88 Å². The van der Waals surface area contributed by atoms with Crippen LogP contribution in [0.1, 0.15) is 16.1 Å². The molecular formula is C12H10N2O3.